The Balaban J connectivity index is 2.52. The van der Waals surface area contributed by atoms with Crippen LogP contribution in [-0.4, -0.2) is 29.1 Å². The van der Waals surface area contributed by atoms with Crippen LogP contribution >= 0.6 is 0 Å². The number of carbonyl (C=O) groups is 1. The molecule has 0 atom stereocenters. The fourth-order valence-electron chi connectivity index (χ4n) is 1.51. The summed E-state index contributed by atoms with van der Waals surface area (Å²) in [5, 5.41) is 3.10. The summed E-state index contributed by atoms with van der Waals surface area (Å²) in [5.74, 6) is 2.73. The van der Waals surface area contributed by atoms with Crippen LogP contribution in [0.25, 0.3) is 0 Å². The Hall–Kier alpha value is -2.09. The average Bonchev–Trinajstić information content (AvgIpc) is 2.39. The number of aryl methyl sites for hydroxylation is 1. The van der Waals surface area contributed by atoms with Gasteiger partial charge in [0, 0.05) is 19.2 Å². The number of hydrogen-bond acceptors (Lipinski definition) is 5. The normalized spacial score (nSPS) is 9.74. The van der Waals surface area contributed by atoms with E-state index >= 15 is 0 Å². The van der Waals surface area contributed by atoms with Gasteiger partial charge in [-0.2, -0.15) is 0 Å². The van der Waals surface area contributed by atoms with E-state index in [-0.39, 0.29) is 5.97 Å². The molecule has 0 aliphatic carbocycles. The van der Waals surface area contributed by atoms with Crippen molar-refractivity contribution in [2.75, 3.05) is 18.5 Å². The Morgan fingerprint density at radius 2 is 2.32 bits per heavy atom. The minimum atomic E-state index is -0.388. The van der Waals surface area contributed by atoms with Crippen molar-refractivity contribution in [1.82, 2.24) is 9.97 Å². The van der Waals surface area contributed by atoms with Gasteiger partial charge in [0.1, 0.15) is 0 Å². The quantitative estimate of drug-likeness (QED) is 0.463. The molecule has 19 heavy (non-hydrogen) atoms. The van der Waals surface area contributed by atoms with Gasteiger partial charge in [-0.25, -0.2) is 14.8 Å². The van der Waals surface area contributed by atoms with Gasteiger partial charge in [-0.3, -0.25) is 0 Å². The number of esters is 1. The lowest BCUT2D eigenvalue weighted by Gasteiger charge is -2.07. The molecule has 5 nitrogen and oxygen atoms in total. The minimum absolute atomic E-state index is 0.341. The molecule has 0 fully saturated rings. The molecule has 5 heteroatoms. The summed E-state index contributed by atoms with van der Waals surface area (Å²) >= 11 is 0. The number of anilines is 1. The van der Waals surface area contributed by atoms with E-state index in [1.165, 1.54) is 6.20 Å². The number of nitrogens with one attached hydrogen (secondary N) is 1. The predicted octanol–water partition coefficient (Wildman–Crippen LogP) is 2.18. The maximum absolute atomic E-state index is 11.6. The third kappa shape index (κ3) is 4.96. The maximum Gasteiger partial charge on any atom is 0.341 e. The molecule has 1 N–H and O–H groups in total. The third-order valence-corrected chi connectivity index (χ3v) is 2.51. The molecule has 1 aromatic heterocycles. The SMILES string of the molecule is C#CCCCCNc1ncc(C(=O)OCC)c(C)n1. The Morgan fingerprint density at radius 3 is 2.95 bits per heavy atom. The minimum Gasteiger partial charge on any atom is -0.462 e. The molecule has 0 aromatic carbocycles. The van der Waals surface area contributed by atoms with Crippen LogP contribution in [-0.2, 0) is 4.74 Å². The summed E-state index contributed by atoms with van der Waals surface area (Å²) in [4.78, 5) is 19.9. The van der Waals surface area contributed by atoms with Crippen molar-refractivity contribution in [2.45, 2.75) is 33.1 Å². The van der Waals surface area contributed by atoms with E-state index in [4.69, 9.17) is 11.2 Å². The zero-order valence-corrected chi connectivity index (χ0v) is 11.4. The number of aromatic nitrogens is 2. The molecule has 0 radical (unpaired) electrons. The summed E-state index contributed by atoms with van der Waals surface area (Å²) < 4.78 is 4.92. The number of ether oxygens (including phenoxy) is 1. The van der Waals surface area contributed by atoms with E-state index in [0.29, 0.717) is 23.8 Å². The number of nitrogens with zero attached hydrogens (tertiary/aromatic N) is 2. The van der Waals surface area contributed by atoms with Crippen LogP contribution < -0.4 is 5.32 Å². The largest absolute Gasteiger partial charge is 0.462 e. The lowest BCUT2D eigenvalue weighted by molar-refractivity contribution is 0.0524. The van der Waals surface area contributed by atoms with Crippen LogP contribution in [0.4, 0.5) is 5.95 Å². The van der Waals surface area contributed by atoms with Crippen molar-refractivity contribution in [3.05, 3.63) is 17.5 Å². The molecule has 1 heterocycles. The zero-order valence-electron chi connectivity index (χ0n) is 11.4. The molecule has 0 spiro atoms. The van der Waals surface area contributed by atoms with Crippen LogP contribution in [0.3, 0.4) is 0 Å². The van der Waals surface area contributed by atoms with Gasteiger partial charge < -0.3 is 10.1 Å². The number of hydrogen-bond donors (Lipinski definition) is 1. The van der Waals surface area contributed by atoms with E-state index in [1.807, 2.05) is 0 Å². The van der Waals surface area contributed by atoms with Gasteiger partial charge in [0.05, 0.1) is 17.9 Å². The first kappa shape index (κ1) is 15.0. The number of unbranched alkanes of at least 4 members (excludes halogenated alkanes) is 2. The van der Waals surface area contributed by atoms with E-state index in [2.05, 4.69) is 21.2 Å². The van der Waals surface area contributed by atoms with Gasteiger partial charge >= 0.3 is 5.97 Å². The van der Waals surface area contributed by atoms with Crippen molar-refractivity contribution < 1.29 is 9.53 Å². The first-order chi connectivity index (χ1) is 9.19. The summed E-state index contributed by atoms with van der Waals surface area (Å²) in [5.41, 5.74) is 1.01. The molecule has 102 valence electrons. The van der Waals surface area contributed by atoms with Crippen LogP contribution in [0.15, 0.2) is 6.20 Å². The first-order valence-corrected chi connectivity index (χ1v) is 6.37. The molecule has 0 unspecified atom stereocenters. The molecular weight excluding hydrogens is 242 g/mol. The molecule has 0 bridgehead atoms. The summed E-state index contributed by atoms with van der Waals surface area (Å²) in [7, 11) is 0. The fourth-order valence-corrected chi connectivity index (χ4v) is 1.51. The molecule has 1 aromatic rings. The van der Waals surface area contributed by atoms with E-state index in [1.54, 1.807) is 13.8 Å². The van der Waals surface area contributed by atoms with Crippen LogP contribution in [0.5, 0.6) is 0 Å². The van der Waals surface area contributed by atoms with E-state index < -0.39 is 0 Å². The Kier molecular flexibility index (Phi) is 6.37. The second-order valence-corrected chi connectivity index (χ2v) is 4.00. The summed E-state index contributed by atoms with van der Waals surface area (Å²) in [6, 6.07) is 0. The lowest BCUT2D eigenvalue weighted by atomic mass is 10.2. The maximum atomic E-state index is 11.6. The van der Waals surface area contributed by atoms with E-state index in [0.717, 1.165) is 25.8 Å². The average molecular weight is 261 g/mol. The molecule has 0 aliphatic heterocycles. The second kappa shape index (κ2) is 8.09. The molecule has 0 amide bonds. The van der Waals surface area contributed by atoms with Crippen molar-refractivity contribution in [2.24, 2.45) is 0 Å². The monoisotopic (exact) mass is 261 g/mol. The number of rotatable bonds is 7. The van der Waals surface area contributed by atoms with Gasteiger partial charge in [-0.1, -0.05) is 0 Å². The lowest BCUT2D eigenvalue weighted by Crippen LogP contribution is -2.11. The molecule has 0 saturated heterocycles. The Labute approximate surface area is 113 Å². The fraction of sp³-hybridized carbons (Fsp3) is 0.500. The third-order valence-electron chi connectivity index (χ3n) is 2.51. The van der Waals surface area contributed by atoms with Crippen molar-refractivity contribution in [1.29, 1.82) is 0 Å². The number of terminal acetylenes is 1. The smallest absolute Gasteiger partial charge is 0.341 e. The van der Waals surface area contributed by atoms with E-state index in [9.17, 15) is 4.79 Å². The van der Waals surface area contributed by atoms with Gasteiger partial charge in [0.2, 0.25) is 5.95 Å². The second-order valence-electron chi connectivity index (χ2n) is 4.00. The Bertz CT molecular complexity index is 466. The highest BCUT2D eigenvalue weighted by Crippen LogP contribution is 2.09. The molecular formula is C14H19N3O2. The van der Waals surface area contributed by atoms with Crippen molar-refractivity contribution in [3.63, 3.8) is 0 Å². The summed E-state index contributed by atoms with van der Waals surface area (Å²) in [6.07, 6.45) is 9.38. The topological polar surface area (TPSA) is 64.1 Å². The van der Waals surface area contributed by atoms with Gasteiger partial charge in [-0.15, -0.1) is 12.3 Å². The predicted molar refractivity (Wildman–Crippen MR) is 73.9 cm³/mol. The Morgan fingerprint density at radius 1 is 1.53 bits per heavy atom. The molecule has 0 saturated carbocycles. The van der Waals surface area contributed by atoms with Gasteiger partial charge in [-0.05, 0) is 26.7 Å². The summed E-state index contributed by atoms with van der Waals surface area (Å²) in [6.45, 7) is 4.63. The van der Waals surface area contributed by atoms with Gasteiger partial charge in [0.15, 0.2) is 0 Å². The van der Waals surface area contributed by atoms with Gasteiger partial charge in [0.25, 0.3) is 0 Å². The molecule has 1 rings (SSSR count). The highest BCUT2D eigenvalue weighted by Gasteiger charge is 2.12. The zero-order chi connectivity index (χ0) is 14.1. The first-order valence-electron chi connectivity index (χ1n) is 6.37. The van der Waals surface area contributed by atoms with Crippen LogP contribution in [0.1, 0.15) is 42.2 Å². The number of carbonyl (C=O) groups excluding carboxylic acids is 1. The highest BCUT2D eigenvalue weighted by molar-refractivity contribution is 5.90. The van der Waals surface area contributed by atoms with Crippen molar-refractivity contribution in [3.8, 4) is 12.3 Å². The van der Waals surface area contributed by atoms with Crippen LogP contribution in [0, 0.1) is 19.3 Å². The standard InChI is InChI=1S/C14H19N3O2/c1-4-6-7-8-9-15-14-16-10-12(11(3)17-14)13(18)19-5-2/h1,10H,5-9H2,2-3H3,(H,15,16,17). The van der Waals surface area contributed by atoms with Crippen LogP contribution in [0.2, 0.25) is 0 Å². The van der Waals surface area contributed by atoms with Crippen molar-refractivity contribution >= 4 is 11.9 Å². The molecule has 0 aliphatic rings. The highest BCUT2D eigenvalue weighted by atomic mass is 16.5.